The molecule has 68 valence electrons. The zero-order valence-corrected chi connectivity index (χ0v) is 7.25. The summed E-state index contributed by atoms with van der Waals surface area (Å²) >= 11 is 0. The van der Waals surface area contributed by atoms with Crippen molar-refractivity contribution in [3.63, 3.8) is 0 Å². The summed E-state index contributed by atoms with van der Waals surface area (Å²) in [6, 6.07) is 6.04. The molecule has 1 amide bonds. The molecule has 3 heteroatoms. The topological polar surface area (TPSA) is 29.1 Å². The highest BCUT2D eigenvalue weighted by molar-refractivity contribution is 5.91. The number of hydrogen-bond donors (Lipinski definition) is 1. The van der Waals surface area contributed by atoms with Crippen LogP contribution in [0.1, 0.15) is 5.56 Å². The fraction of sp³-hybridized carbons (Fsp3) is 0.100. The highest BCUT2D eigenvalue weighted by Crippen LogP contribution is 2.04. The maximum absolute atomic E-state index is 12.6. The second-order valence-corrected chi connectivity index (χ2v) is 2.50. The van der Waals surface area contributed by atoms with Gasteiger partial charge in [0.05, 0.1) is 0 Å². The van der Waals surface area contributed by atoms with E-state index in [0.717, 1.165) is 0 Å². The standard InChI is InChI=1S/C10H10FNO/c1-12-10(13)6-5-8-3-2-4-9(11)7-8/h2-7H,1H3,(H,12,13)/b6-5+. The molecule has 0 saturated carbocycles. The first-order valence-corrected chi connectivity index (χ1v) is 3.88. The molecular weight excluding hydrogens is 169 g/mol. The molecule has 0 aliphatic carbocycles. The molecule has 0 aliphatic heterocycles. The van der Waals surface area contributed by atoms with E-state index < -0.39 is 0 Å². The van der Waals surface area contributed by atoms with Gasteiger partial charge >= 0.3 is 0 Å². The molecular formula is C10H10FNO. The van der Waals surface area contributed by atoms with Crippen molar-refractivity contribution >= 4 is 12.0 Å². The van der Waals surface area contributed by atoms with Crippen LogP contribution in [0.25, 0.3) is 6.08 Å². The zero-order valence-electron chi connectivity index (χ0n) is 7.25. The molecule has 1 rings (SSSR count). The van der Waals surface area contributed by atoms with Crippen LogP contribution in [-0.4, -0.2) is 13.0 Å². The van der Waals surface area contributed by atoms with Crippen molar-refractivity contribution in [2.24, 2.45) is 0 Å². The fourth-order valence-electron chi connectivity index (χ4n) is 0.866. The predicted octanol–water partition coefficient (Wildman–Crippen LogP) is 1.58. The highest BCUT2D eigenvalue weighted by atomic mass is 19.1. The first-order valence-electron chi connectivity index (χ1n) is 3.88. The first kappa shape index (κ1) is 9.45. The third-order valence-electron chi connectivity index (χ3n) is 1.52. The lowest BCUT2D eigenvalue weighted by molar-refractivity contribution is -0.115. The van der Waals surface area contributed by atoms with Gasteiger partial charge in [0.1, 0.15) is 5.82 Å². The summed E-state index contributed by atoms with van der Waals surface area (Å²) in [6.45, 7) is 0. The Morgan fingerprint density at radius 3 is 2.92 bits per heavy atom. The third kappa shape index (κ3) is 3.07. The number of benzene rings is 1. The Balaban J connectivity index is 2.74. The minimum Gasteiger partial charge on any atom is -0.356 e. The van der Waals surface area contributed by atoms with Crippen LogP contribution < -0.4 is 5.32 Å². The van der Waals surface area contributed by atoms with Gasteiger partial charge in [-0.1, -0.05) is 12.1 Å². The van der Waals surface area contributed by atoms with Gasteiger partial charge in [-0.15, -0.1) is 0 Å². The lowest BCUT2D eigenvalue weighted by Crippen LogP contribution is -2.13. The number of likely N-dealkylation sites (N-methyl/N-ethyl adjacent to an activating group) is 1. The number of rotatable bonds is 2. The van der Waals surface area contributed by atoms with E-state index in [1.807, 2.05) is 0 Å². The van der Waals surface area contributed by atoms with Crippen molar-refractivity contribution in [3.8, 4) is 0 Å². The van der Waals surface area contributed by atoms with Crippen molar-refractivity contribution < 1.29 is 9.18 Å². The number of hydrogen-bond acceptors (Lipinski definition) is 1. The Morgan fingerprint density at radius 2 is 2.31 bits per heavy atom. The molecule has 1 aromatic carbocycles. The van der Waals surface area contributed by atoms with E-state index in [9.17, 15) is 9.18 Å². The zero-order chi connectivity index (χ0) is 9.68. The fourth-order valence-corrected chi connectivity index (χ4v) is 0.866. The van der Waals surface area contributed by atoms with Crippen LogP contribution in [0.5, 0.6) is 0 Å². The summed E-state index contributed by atoms with van der Waals surface area (Å²) < 4.78 is 12.6. The molecule has 0 atom stereocenters. The van der Waals surface area contributed by atoms with Gasteiger partial charge in [-0.05, 0) is 23.8 Å². The van der Waals surface area contributed by atoms with Gasteiger partial charge in [-0.25, -0.2) is 4.39 Å². The molecule has 13 heavy (non-hydrogen) atoms. The molecule has 0 heterocycles. The number of carbonyl (C=O) groups is 1. The Morgan fingerprint density at radius 1 is 1.54 bits per heavy atom. The molecule has 0 aliphatic rings. The maximum Gasteiger partial charge on any atom is 0.243 e. The molecule has 0 spiro atoms. The number of nitrogens with one attached hydrogen (secondary N) is 1. The molecule has 0 bridgehead atoms. The highest BCUT2D eigenvalue weighted by Gasteiger charge is 1.91. The van der Waals surface area contributed by atoms with Gasteiger partial charge in [0.25, 0.3) is 0 Å². The molecule has 0 radical (unpaired) electrons. The van der Waals surface area contributed by atoms with Gasteiger partial charge < -0.3 is 5.32 Å². The van der Waals surface area contributed by atoms with Crippen molar-refractivity contribution in [1.29, 1.82) is 0 Å². The Labute approximate surface area is 76.1 Å². The smallest absolute Gasteiger partial charge is 0.243 e. The average molecular weight is 179 g/mol. The largest absolute Gasteiger partial charge is 0.356 e. The van der Waals surface area contributed by atoms with Gasteiger partial charge in [0, 0.05) is 13.1 Å². The SMILES string of the molecule is CNC(=O)/C=C/c1cccc(F)c1. The summed E-state index contributed by atoms with van der Waals surface area (Å²) in [5, 5.41) is 2.43. The number of amides is 1. The monoisotopic (exact) mass is 179 g/mol. The van der Waals surface area contributed by atoms with Crippen LogP contribution in [-0.2, 0) is 4.79 Å². The molecule has 1 N–H and O–H groups in total. The predicted molar refractivity (Wildman–Crippen MR) is 49.5 cm³/mol. The van der Waals surface area contributed by atoms with E-state index in [4.69, 9.17) is 0 Å². The van der Waals surface area contributed by atoms with Gasteiger partial charge in [0.2, 0.25) is 5.91 Å². The Hall–Kier alpha value is -1.64. The van der Waals surface area contributed by atoms with Crippen LogP contribution >= 0.6 is 0 Å². The summed E-state index contributed by atoms with van der Waals surface area (Å²) in [7, 11) is 1.54. The first-order chi connectivity index (χ1) is 6.22. The summed E-state index contributed by atoms with van der Waals surface area (Å²) in [5.74, 6) is -0.511. The third-order valence-corrected chi connectivity index (χ3v) is 1.52. The van der Waals surface area contributed by atoms with E-state index in [0.29, 0.717) is 5.56 Å². The van der Waals surface area contributed by atoms with Crippen LogP contribution in [0, 0.1) is 5.82 Å². The quantitative estimate of drug-likeness (QED) is 0.686. The van der Waals surface area contributed by atoms with E-state index >= 15 is 0 Å². The summed E-state index contributed by atoms with van der Waals surface area (Å²) in [4.78, 5) is 10.8. The van der Waals surface area contributed by atoms with Crippen LogP contribution in [0.15, 0.2) is 30.3 Å². The van der Waals surface area contributed by atoms with Crippen molar-refractivity contribution in [3.05, 3.63) is 41.7 Å². The number of halogens is 1. The molecule has 0 unspecified atom stereocenters. The molecule has 0 aromatic heterocycles. The van der Waals surface area contributed by atoms with Gasteiger partial charge in [-0.3, -0.25) is 4.79 Å². The van der Waals surface area contributed by atoms with Crippen LogP contribution in [0.3, 0.4) is 0 Å². The lowest BCUT2D eigenvalue weighted by Gasteiger charge is -1.93. The van der Waals surface area contributed by atoms with Gasteiger partial charge in [0.15, 0.2) is 0 Å². The summed E-state index contributed by atoms with van der Waals surface area (Å²) in [5.41, 5.74) is 0.670. The average Bonchev–Trinajstić information content (AvgIpc) is 2.14. The molecule has 2 nitrogen and oxygen atoms in total. The Kier molecular flexibility index (Phi) is 3.20. The van der Waals surface area contributed by atoms with E-state index in [2.05, 4.69) is 5.32 Å². The van der Waals surface area contributed by atoms with Crippen molar-refractivity contribution in [1.82, 2.24) is 5.32 Å². The number of carbonyl (C=O) groups excluding carboxylic acids is 1. The Bertz CT molecular complexity index is 333. The molecule has 0 saturated heterocycles. The second-order valence-electron chi connectivity index (χ2n) is 2.50. The van der Waals surface area contributed by atoms with Gasteiger partial charge in [-0.2, -0.15) is 0 Å². The molecule has 1 aromatic rings. The van der Waals surface area contributed by atoms with E-state index in [-0.39, 0.29) is 11.7 Å². The van der Waals surface area contributed by atoms with E-state index in [1.54, 1.807) is 18.2 Å². The minimum atomic E-state index is -0.306. The lowest BCUT2D eigenvalue weighted by atomic mass is 10.2. The minimum absolute atomic E-state index is 0.204. The summed E-state index contributed by atoms with van der Waals surface area (Å²) in [6.07, 6.45) is 2.91. The van der Waals surface area contributed by atoms with Crippen molar-refractivity contribution in [2.75, 3.05) is 7.05 Å². The normalized spacial score (nSPS) is 10.3. The van der Waals surface area contributed by atoms with Crippen molar-refractivity contribution in [2.45, 2.75) is 0 Å². The second kappa shape index (κ2) is 4.40. The molecule has 0 fully saturated rings. The maximum atomic E-state index is 12.6. The van der Waals surface area contributed by atoms with Crippen LogP contribution in [0.2, 0.25) is 0 Å². The van der Waals surface area contributed by atoms with E-state index in [1.165, 1.54) is 25.3 Å². The van der Waals surface area contributed by atoms with Crippen LogP contribution in [0.4, 0.5) is 4.39 Å².